The smallest absolute Gasteiger partial charge is 0.246 e. The van der Waals surface area contributed by atoms with Crippen LogP contribution >= 0.6 is 0 Å². The van der Waals surface area contributed by atoms with Crippen molar-refractivity contribution < 1.29 is 13.2 Å². The highest BCUT2D eigenvalue weighted by atomic mass is 32.2. The summed E-state index contributed by atoms with van der Waals surface area (Å²) in [4.78, 5) is 0.315. The molecule has 1 aromatic rings. The molecule has 6 nitrogen and oxygen atoms in total. The highest BCUT2D eigenvalue weighted by Gasteiger charge is 2.48. The van der Waals surface area contributed by atoms with Gasteiger partial charge < -0.3 is 4.74 Å². The highest BCUT2D eigenvalue weighted by molar-refractivity contribution is 7.89. The molecule has 0 radical (unpaired) electrons. The van der Waals surface area contributed by atoms with E-state index >= 15 is 0 Å². The van der Waals surface area contributed by atoms with Crippen LogP contribution < -0.4 is 0 Å². The van der Waals surface area contributed by atoms with E-state index in [2.05, 4.69) is 12.0 Å². The Morgan fingerprint density at radius 1 is 1.39 bits per heavy atom. The van der Waals surface area contributed by atoms with Crippen molar-refractivity contribution in [1.82, 2.24) is 14.1 Å². The van der Waals surface area contributed by atoms with Crippen LogP contribution in [0.2, 0.25) is 0 Å². The fourth-order valence-corrected chi connectivity index (χ4v) is 5.77. The van der Waals surface area contributed by atoms with E-state index in [0.717, 1.165) is 45.1 Å². The number of rotatable bonds is 5. The molecule has 0 N–H and O–H groups in total. The third-order valence-electron chi connectivity index (χ3n) is 5.38. The van der Waals surface area contributed by atoms with Gasteiger partial charge in [-0.15, -0.1) is 0 Å². The minimum Gasteiger partial charge on any atom is -0.381 e. The van der Waals surface area contributed by atoms with Crippen LogP contribution in [0.25, 0.3) is 0 Å². The standard InChI is InChI=1S/C16H27N3O3S/c1-3-9-18-12-14(11-17-18)23(20,21)19-10-5-8-16(13-19)7-4-6-15(16)22-2/h11-12,15H,3-10,13H2,1-2H3/t15-,16+/m1/s1. The second-order valence-corrected chi connectivity index (χ2v) is 8.80. The Labute approximate surface area is 138 Å². The maximum atomic E-state index is 13.0. The van der Waals surface area contributed by atoms with E-state index < -0.39 is 10.0 Å². The Morgan fingerprint density at radius 2 is 2.17 bits per heavy atom. The van der Waals surface area contributed by atoms with Crippen molar-refractivity contribution in [2.75, 3.05) is 20.2 Å². The largest absolute Gasteiger partial charge is 0.381 e. The molecule has 2 heterocycles. The SMILES string of the molecule is CCCn1cc(S(=O)(=O)N2CCC[C@@]3(CCC[C@H]3OC)C2)cn1. The lowest BCUT2D eigenvalue weighted by Gasteiger charge is -2.42. The maximum absolute atomic E-state index is 13.0. The molecule has 7 heteroatoms. The van der Waals surface area contributed by atoms with Crippen LogP contribution in [0.15, 0.2) is 17.3 Å². The van der Waals surface area contributed by atoms with E-state index in [4.69, 9.17) is 4.74 Å². The Kier molecular flexibility index (Phi) is 4.80. The second kappa shape index (κ2) is 6.53. The van der Waals surface area contributed by atoms with E-state index in [-0.39, 0.29) is 11.5 Å². The first-order valence-corrected chi connectivity index (χ1v) is 10.0. The first-order valence-electron chi connectivity index (χ1n) is 8.57. The van der Waals surface area contributed by atoms with E-state index in [0.29, 0.717) is 18.0 Å². The Hall–Kier alpha value is -0.920. The van der Waals surface area contributed by atoms with Gasteiger partial charge in [0.2, 0.25) is 10.0 Å². The normalized spacial score (nSPS) is 29.4. The van der Waals surface area contributed by atoms with Crippen molar-refractivity contribution in [2.24, 2.45) is 5.41 Å². The average molecular weight is 341 g/mol. The summed E-state index contributed by atoms with van der Waals surface area (Å²) in [5.74, 6) is 0. The Morgan fingerprint density at radius 3 is 2.91 bits per heavy atom. The summed E-state index contributed by atoms with van der Waals surface area (Å²) in [6, 6.07) is 0. The van der Waals surface area contributed by atoms with Crippen LogP contribution in [-0.4, -0.2) is 48.8 Å². The number of methoxy groups -OCH3 is 1. The van der Waals surface area contributed by atoms with Crippen molar-refractivity contribution in [3.63, 3.8) is 0 Å². The number of aryl methyl sites for hydroxylation is 1. The molecule has 23 heavy (non-hydrogen) atoms. The summed E-state index contributed by atoms with van der Waals surface area (Å²) in [6.45, 7) is 3.96. The fraction of sp³-hybridized carbons (Fsp3) is 0.812. The number of nitrogens with zero attached hydrogens (tertiary/aromatic N) is 3. The summed E-state index contributed by atoms with van der Waals surface area (Å²) in [7, 11) is -1.71. The van der Waals surface area contributed by atoms with Crippen molar-refractivity contribution in [2.45, 2.75) is 63.0 Å². The van der Waals surface area contributed by atoms with Crippen LogP contribution in [0.1, 0.15) is 45.4 Å². The van der Waals surface area contributed by atoms with Gasteiger partial charge in [0, 0.05) is 38.4 Å². The third-order valence-corrected chi connectivity index (χ3v) is 7.18. The van der Waals surface area contributed by atoms with Gasteiger partial charge in [-0.1, -0.05) is 13.3 Å². The topological polar surface area (TPSA) is 64.4 Å². The molecule has 0 aromatic carbocycles. The lowest BCUT2D eigenvalue weighted by atomic mass is 9.77. The first-order chi connectivity index (χ1) is 11.0. The summed E-state index contributed by atoms with van der Waals surface area (Å²) in [5.41, 5.74) is -0.000513. The lowest BCUT2D eigenvalue weighted by molar-refractivity contribution is -0.0184. The number of sulfonamides is 1. The second-order valence-electron chi connectivity index (χ2n) is 6.86. The molecule has 0 bridgehead atoms. The molecule has 1 aliphatic carbocycles. The molecular weight excluding hydrogens is 314 g/mol. The van der Waals surface area contributed by atoms with Gasteiger partial charge in [0.25, 0.3) is 0 Å². The van der Waals surface area contributed by atoms with Crippen LogP contribution in [-0.2, 0) is 21.3 Å². The summed E-state index contributed by atoms with van der Waals surface area (Å²) in [5, 5.41) is 4.17. The van der Waals surface area contributed by atoms with Crippen molar-refractivity contribution in [3.05, 3.63) is 12.4 Å². The van der Waals surface area contributed by atoms with Crippen LogP contribution in [0.5, 0.6) is 0 Å². The van der Waals surface area contributed by atoms with Gasteiger partial charge >= 0.3 is 0 Å². The zero-order valence-electron chi connectivity index (χ0n) is 14.1. The molecule has 2 aliphatic rings. The van der Waals surface area contributed by atoms with Gasteiger partial charge in [0.15, 0.2) is 0 Å². The minimum absolute atomic E-state index is 0.000513. The number of aromatic nitrogens is 2. The third kappa shape index (κ3) is 3.06. The van der Waals surface area contributed by atoms with Gasteiger partial charge in [-0.25, -0.2) is 8.42 Å². The predicted octanol–water partition coefficient (Wildman–Crippen LogP) is 2.26. The van der Waals surface area contributed by atoms with E-state index in [1.165, 1.54) is 6.20 Å². The van der Waals surface area contributed by atoms with Crippen molar-refractivity contribution >= 4 is 10.0 Å². The van der Waals surface area contributed by atoms with Gasteiger partial charge in [-0.05, 0) is 32.1 Å². The molecule has 3 rings (SSSR count). The highest BCUT2D eigenvalue weighted by Crippen LogP contribution is 2.47. The maximum Gasteiger partial charge on any atom is 0.246 e. The zero-order chi connectivity index (χ0) is 16.5. The number of piperidine rings is 1. The zero-order valence-corrected chi connectivity index (χ0v) is 14.9. The summed E-state index contributed by atoms with van der Waals surface area (Å²) < 4.78 is 35.0. The van der Waals surface area contributed by atoms with Crippen LogP contribution in [0, 0.1) is 5.41 Å². The van der Waals surface area contributed by atoms with Gasteiger partial charge in [-0.3, -0.25) is 4.68 Å². The van der Waals surface area contributed by atoms with E-state index in [1.807, 2.05) is 0 Å². The molecule has 130 valence electrons. The van der Waals surface area contributed by atoms with Gasteiger partial charge in [-0.2, -0.15) is 9.40 Å². The first kappa shape index (κ1) is 16.9. The molecule has 1 saturated heterocycles. The summed E-state index contributed by atoms with van der Waals surface area (Å²) >= 11 is 0. The molecule has 1 spiro atoms. The molecule has 2 atom stereocenters. The fourth-order valence-electron chi connectivity index (χ4n) is 4.24. The van der Waals surface area contributed by atoms with Gasteiger partial charge in [0.1, 0.15) is 4.90 Å². The Balaban J connectivity index is 1.82. The number of ether oxygens (including phenoxy) is 1. The lowest BCUT2D eigenvalue weighted by Crippen LogP contribution is -2.49. The number of hydrogen-bond donors (Lipinski definition) is 0. The Bertz CT molecular complexity index is 643. The van der Waals surface area contributed by atoms with Crippen LogP contribution in [0.3, 0.4) is 0 Å². The molecule has 0 amide bonds. The molecule has 1 aliphatic heterocycles. The quantitative estimate of drug-likeness (QED) is 0.824. The minimum atomic E-state index is -3.46. The number of hydrogen-bond acceptors (Lipinski definition) is 4. The van der Waals surface area contributed by atoms with Gasteiger partial charge in [0.05, 0.1) is 12.3 Å². The van der Waals surface area contributed by atoms with Crippen molar-refractivity contribution in [3.8, 4) is 0 Å². The average Bonchev–Trinajstić information content (AvgIpc) is 3.15. The monoisotopic (exact) mass is 341 g/mol. The van der Waals surface area contributed by atoms with E-state index in [9.17, 15) is 8.42 Å². The molecule has 2 fully saturated rings. The summed E-state index contributed by atoms with van der Waals surface area (Å²) in [6.07, 6.45) is 9.45. The van der Waals surface area contributed by atoms with Crippen LogP contribution in [0.4, 0.5) is 0 Å². The van der Waals surface area contributed by atoms with Crippen molar-refractivity contribution in [1.29, 1.82) is 0 Å². The molecule has 1 saturated carbocycles. The molecule has 1 aromatic heterocycles. The molecular formula is C16H27N3O3S. The predicted molar refractivity (Wildman–Crippen MR) is 87.6 cm³/mol. The van der Waals surface area contributed by atoms with E-state index in [1.54, 1.807) is 22.3 Å². The molecule has 0 unspecified atom stereocenters.